The van der Waals surface area contributed by atoms with Crippen molar-refractivity contribution in [1.29, 1.82) is 0 Å². The Morgan fingerprint density at radius 2 is 2.17 bits per heavy atom. The van der Waals surface area contributed by atoms with Crippen molar-refractivity contribution in [3.63, 3.8) is 0 Å². The van der Waals surface area contributed by atoms with Gasteiger partial charge in [-0.25, -0.2) is 9.18 Å². The lowest BCUT2D eigenvalue weighted by Crippen LogP contribution is -2.45. The number of aliphatic carboxylic acids is 1. The number of benzene rings is 1. The van der Waals surface area contributed by atoms with E-state index in [1.165, 1.54) is 0 Å². The summed E-state index contributed by atoms with van der Waals surface area (Å²) in [5, 5.41) is 24.0. The fourth-order valence-electron chi connectivity index (χ4n) is 2.07. The molecular weight excluding hydrogens is 313 g/mol. The van der Waals surface area contributed by atoms with Gasteiger partial charge in [-0.2, -0.15) is 0 Å². The number of carboxylic acid groups (broad SMARTS) is 1. The maximum atomic E-state index is 13.7. The first-order chi connectivity index (χ1) is 10.6. The first-order valence-corrected chi connectivity index (χ1v) is 6.43. The van der Waals surface area contributed by atoms with Gasteiger partial charge in [0.25, 0.3) is 17.4 Å². The van der Waals surface area contributed by atoms with E-state index < -0.39 is 28.4 Å². The number of carboxylic acids is 1. The molecule has 0 bridgehead atoms. The van der Waals surface area contributed by atoms with Crippen LogP contribution in [0.1, 0.15) is 18.1 Å². The lowest BCUT2D eigenvalue weighted by molar-refractivity contribution is -0.384. The number of non-ortho nitro benzene ring substituents is 1. The zero-order valence-corrected chi connectivity index (χ0v) is 11.9. The lowest BCUT2D eigenvalue weighted by Gasteiger charge is -2.22. The quantitative estimate of drug-likeness (QED) is 0.310. The SMILES string of the molecule is C[C@](F)(NCc1cc([N+](=O)[O-])cc2c1CC(=O)C(=O)N2)C(=O)O. The van der Waals surface area contributed by atoms with E-state index in [-0.39, 0.29) is 35.5 Å². The third-order valence-electron chi connectivity index (χ3n) is 3.39. The molecule has 0 spiro atoms. The molecule has 3 N–H and O–H groups in total. The van der Waals surface area contributed by atoms with Gasteiger partial charge >= 0.3 is 5.97 Å². The standard InChI is InChI=1S/C13H12FN3O6/c1-13(14,12(20)21)15-5-6-2-7(17(22)23)3-9-8(6)4-10(18)11(19)16-9/h2-3,15H,4-5H2,1H3,(H,16,19)(H,20,21)/t13-/m0/s1. The van der Waals surface area contributed by atoms with Gasteiger partial charge < -0.3 is 10.4 Å². The van der Waals surface area contributed by atoms with Crippen LogP contribution in [0.3, 0.4) is 0 Å². The Morgan fingerprint density at radius 3 is 2.74 bits per heavy atom. The van der Waals surface area contributed by atoms with Crippen molar-refractivity contribution in [3.8, 4) is 0 Å². The van der Waals surface area contributed by atoms with Gasteiger partial charge in [0.05, 0.1) is 10.6 Å². The van der Waals surface area contributed by atoms with Crippen LogP contribution in [0.4, 0.5) is 15.8 Å². The number of alkyl halides is 1. The Bertz CT molecular complexity index is 731. The average Bonchev–Trinajstić information content (AvgIpc) is 2.45. The molecule has 1 aliphatic heterocycles. The minimum absolute atomic E-state index is 0.0801. The van der Waals surface area contributed by atoms with Gasteiger partial charge in [-0.15, -0.1) is 0 Å². The molecule has 1 aromatic carbocycles. The molecule has 1 amide bonds. The van der Waals surface area contributed by atoms with E-state index in [2.05, 4.69) is 10.6 Å². The number of ketones is 1. The number of anilines is 1. The molecule has 23 heavy (non-hydrogen) atoms. The van der Waals surface area contributed by atoms with Gasteiger partial charge in [0, 0.05) is 25.1 Å². The van der Waals surface area contributed by atoms with Crippen LogP contribution in [0, 0.1) is 10.1 Å². The molecule has 122 valence electrons. The molecule has 0 radical (unpaired) electrons. The van der Waals surface area contributed by atoms with E-state index in [0.717, 1.165) is 19.1 Å². The Hall–Kier alpha value is -2.88. The molecule has 1 aliphatic rings. The van der Waals surface area contributed by atoms with Crippen molar-refractivity contribution >= 4 is 29.0 Å². The molecule has 0 aromatic heterocycles. The number of halogens is 1. The van der Waals surface area contributed by atoms with Gasteiger partial charge in [0.2, 0.25) is 5.78 Å². The second-order valence-corrected chi connectivity index (χ2v) is 5.10. The van der Waals surface area contributed by atoms with Crippen LogP contribution in [0.5, 0.6) is 0 Å². The highest BCUT2D eigenvalue weighted by molar-refractivity contribution is 6.42. The number of hydrogen-bond acceptors (Lipinski definition) is 6. The summed E-state index contributed by atoms with van der Waals surface area (Å²) in [6, 6.07) is 2.20. The maximum absolute atomic E-state index is 13.7. The summed E-state index contributed by atoms with van der Waals surface area (Å²) in [5.74, 6) is -6.13. The number of nitrogens with one attached hydrogen (secondary N) is 2. The number of carbonyl (C=O) groups excluding carboxylic acids is 2. The Labute approximate surface area is 128 Å². The topological polar surface area (TPSA) is 139 Å². The highest BCUT2D eigenvalue weighted by Gasteiger charge is 2.33. The Kier molecular flexibility index (Phi) is 4.10. The average molecular weight is 325 g/mol. The van der Waals surface area contributed by atoms with E-state index in [9.17, 15) is 28.9 Å². The number of rotatable bonds is 5. The van der Waals surface area contributed by atoms with E-state index in [1.807, 2.05) is 0 Å². The number of nitro benzene ring substituents is 1. The molecule has 0 fully saturated rings. The summed E-state index contributed by atoms with van der Waals surface area (Å²) < 4.78 is 13.7. The number of hydrogen-bond donors (Lipinski definition) is 3. The molecule has 0 aliphatic carbocycles. The molecule has 1 atom stereocenters. The largest absolute Gasteiger partial charge is 0.478 e. The van der Waals surface area contributed by atoms with Crippen LogP contribution in [0.15, 0.2) is 12.1 Å². The molecule has 2 rings (SSSR count). The molecule has 1 heterocycles. The second-order valence-electron chi connectivity index (χ2n) is 5.10. The van der Waals surface area contributed by atoms with E-state index >= 15 is 0 Å². The third-order valence-corrected chi connectivity index (χ3v) is 3.39. The van der Waals surface area contributed by atoms with E-state index in [4.69, 9.17) is 5.11 Å². The van der Waals surface area contributed by atoms with E-state index in [0.29, 0.717) is 0 Å². The third kappa shape index (κ3) is 3.31. The molecule has 1 aromatic rings. The van der Waals surface area contributed by atoms with Crippen molar-refractivity contribution in [1.82, 2.24) is 5.32 Å². The summed E-state index contributed by atoms with van der Waals surface area (Å²) in [4.78, 5) is 43.8. The van der Waals surface area contributed by atoms with Crippen molar-refractivity contribution < 1.29 is 28.8 Å². The Morgan fingerprint density at radius 1 is 1.52 bits per heavy atom. The number of carbonyl (C=O) groups is 3. The molecule has 0 unspecified atom stereocenters. The first-order valence-electron chi connectivity index (χ1n) is 6.43. The minimum Gasteiger partial charge on any atom is -0.478 e. The molecule has 10 heteroatoms. The van der Waals surface area contributed by atoms with Crippen LogP contribution in [-0.2, 0) is 27.3 Å². The zero-order chi connectivity index (χ0) is 17.4. The molecule has 9 nitrogen and oxygen atoms in total. The van der Waals surface area contributed by atoms with Gasteiger partial charge in [0.1, 0.15) is 0 Å². The lowest BCUT2D eigenvalue weighted by atomic mass is 9.95. The van der Waals surface area contributed by atoms with Crippen LogP contribution >= 0.6 is 0 Å². The number of nitro groups is 1. The van der Waals surface area contributed by atoms with Gasteiger partial charge in [-0.05, 0) is 18.1 Å². The summed E-state index contributed by atoms with van der Waals surface area (Å²) in [7, 11) is 0. The molecule has 0 saturated carbocycles. The number of amides is 1. The van der Waals surface area contributed by atoms with Crippen LogP contribution in [0.25, 0.3) is 0 Å². The zero-order valence-electron chi connectivity index (χ0n) is 11.9. The summed E-state index contributed by atoms with van der Waals surface area (Å²) in [6.45, 7) is 0.415. The molecular formula is C13H12FN3O6. The number of fused-ring (bicyclic) bond motifs is 1. The van der Waals surface area contributed by atoms with Gasteiger partial charge in [-0.1, -0.05) is 0 Å². The van der Waals surface area contributed by atoms with Crippen LogP contribution in [-0.4, -0.2) is 33.5 Å². The normalized spacial score (nSPS) is 16.3. The second kappa shape index (κ2) is 5.72. The maximum Gasteiger partial charge on any atom is 0.356 e. The fraction of sp³-hybridized carbons (Fsp3) is 0.308. The summed E-state index contributed by atoms with van der Waals surface area (Å²) in [5.41, 5.74) is 0.157. The van der Waals surface area contributed by atoms with E-state index in [1.54, 1.807) is 0 Å². The Balaban J connectivity index is 2.41. The number of nitrogens with zero attached hydrogens (tertiary/aromatic N) is 1. The number of Topliss-reactive ketones (excluding diaryl/α,β-unsaturated/α-hetero) is 1. The van der Waals surface area contributed by atoms with Crippen molar-refractivity contribution in [2.24, 2.45) is 0 Å². The van der Waals surface area contributed by atoms with Gasteiger partial charge in [-0.3, -0.25) is 25.0 Å². The van der Waals surface area contributed by atoms with Crippen LogP contribution < -0.4 is 10.6 Å². The predicted molar refractivity (Wildman–Crippen MR) is 74.4 cm³/mol. The highest BCUT2D eigenvalue weighted by Crippen LogP contribution is 2.30. The van der Waals surface area contributed by atoms with Gasteiger partial charge in [0.15, 0.2) is 0 Å². The fourth-order valence-corrected chi connectivity index (χ4v) is 2.07. The highest BCUT2D eigenvalue weighted by atomic mass is 19.1. The monoisotopic (exact) mass is 325 g/mol. The van der Waals surface area contributed by atoms with Crippen LogP contribution in [0.2, 0.25) is 0 Å². The summed E-state index contributed by atoms with van der Waals surface area (Å²) >= 11 is 0. The molecule has 0 saturated heterocycles. The smallest absolute Gasteiger partial charge is 0.356 e. The van der Waals surface area contributed by atoms with Crippen molar-refractivity contribution in [2.45, 2.75) is 25.7 Å². The predicted octanol–water partition coefficient (Wildman–Crippen LogP) is 0.518. The minimum atomic E-state index is -2.75. The first kappa shape index (κ1) is 16.5. The van der Waals surface area contributed by atoms with Crippen molar-refractivity contribution in [3.05, 3.63) is 33.4 Å². The van der Waals surface area contributed by atoms with Crippen molar-refractivity contribution in [2.75, 3.05) is 5.32 Å². The summed E-state index contributed by atoms with van der Waals surface area (Å²) in [6.07, 6.45) is -0.299.